The van der Waals surface area contributed by atoms with E-state index in [0.29, 0.717) is 35.8 Å². The smallest absolute Gasteiger partial charge is 0.295 e. The largest absolute Gasteiger partial charge is 0.507 e. The van der Waals surface area contributed by atoms with Crippen molar-refractivity contribution in [2.75, 3.05) is 13.2 Å². The molecule has 0 radical (unpaired) electrons. The minimum Gasteiger partial charge on any atom is -0.507 e. The first-order valence-electron chi connectivity index (χ1n) is 11.2. The summed E-state index contributed by atoms with van der Waals surface area (Å²) in [6.07, 6.45) is 3.27. The Balaban J connectivity index is 1.82. The van der Waals surface area contributed by atoms with Crippen molar-refractivity contribution in [3.05, 3.63) is 95.3 Å². The third kappa shape index (κ3) is 4.64. The Hall–Kier alpha value is -4.13. The van der Waals surface area contributed by atoms with E-state index in [0.717, 1.165) is 5.56 Å². The predicted octanol–water partition coefficient (Wildman–Crippen LogP) is 4.50. The van der Waals surface area contributed by atoms with E-state index in [1.807, 2.05) is 32.0 Å². The molecule has 1 aliphatic heterocycles. The monoisotopic (exact) mass is 458 g/mol. The molecule has 7 heteroatoms. The summed E-state index contributed by atoms with van der Waals surface area (Å²) in [5.74, 6) is -0.359. The fourth-order valence-electron chi connectivity index (χ4n) is 4.05. The Morgan fingerprint density at radius 2 is 1.62 bits per heavy atom. The molecule has 1 atom stereocenters. The first-order chi connectivity index (χ1) is 16.5. The number of hydrogen-bond acceptors (Lipinski definition) is 6. The van der Waals surface area contributed by atoms with Crippen molar-refractivity contribution in [1.29, 1.82) is 0 Å². The SMILES string of the molecule is CCOc1ccc(C(O)=C2C(=O)C(=O)N(Cc3ccncc3)C2c2cccc(OCC)c2)cc1. The number of pyridine rings is 1. The number of rotatable bonds is 8. The Kier molecular flexibility index (Phi) is 6.92. The van der Waals surface area contributed by atoms with Crippen LogP contribution in [0.25, 0.3) is 5.76 Å². The highest BCUT2D eigenvalue weighted by Crippen LogP contribution is 2.41. The van der Waals surface area contributed by atoms with Crippen molar-refractivity contribution in [2.24, 2.45) is 0 Å². The number of amides is 1. The maximum Gasteiger partial charge on any atom is 0.295 e. The van der Waals surface area contributed by atoms with E-state index in [-0.39, 0.29) is 17.9 Å². The number of aliphatic hydroxyl groups excluding tert-OH is 1. The summed E-state index contributed by atoms with van der Waals surface area (Å²) < 4.78 is 11.1. The first kappa shape index (κ1) is 23.0. The van der Waals surface area contributed by atoms with E-state index >= 15 is 0 Å². The van der Waals surface area contributed by atoms with Gasteiger partial charge in [0, 0.05) is 24.5 Å². The summed E-state index contributed by atoms with van der Waals surface area (Å²) in [5, 5.41) is 11.2. The minimum atomic E-state index is -0.778. The van der Waals surface area contributed by atoms with Crippen LogP contribution in [0.3, 0.4) is 0 Å². The van der Waals surface area contributed by atoms with Crippen LogP contribution in [-0.2, 0) is 16.1 Å². The number of ether oxygens (including phenoxy) is 2. The van der Waals surface area contributed by atoms with Crippen molar-refractivity contribution < 1.29 is 24.2 Å². The Labute approximate surface area is 198 Å². The average Bonchev–Trinajstić information content (AvgIpc) is 3.10. The Bertz CT molecular complexity index is 1210. The van der Waals surface area contributed by atoms with E-state index in [1.165, 1.54) is 4.90 Å². The maximum atomic E-state index is 13.2. The van der Waals surface area contributed by atoms with Crippen LogP contribution in [0.1, 0.15) is 36.6 Å². The molecule has 1 aliphatic rings. The number of aliphatic hydroxyl groups is 1. The number of likely N-dealkylation sites (tertiary alicyclic amines) is 1. The number of carbonyl (C=O) groups is 2. The highest BCUT2D eigenvalue weighted by atomic mass is 16.5. The third-order valence-corrected chi connectivity index (χ3v) is 5.57. The molecule has 1 amide bonds. The van der Waals surface area contributed by atoms with E-state index in [9.17, 15) is 14.7 Å². The molecule has 1 N–H and O–H groups in total. The van der Waals surface area contributed by atoms with Crippen LogP contribution in [0, 0.1) is 0 Å². The van der Waals surface area contributed by atoms with E-state index in [4.69, 9.17) is 9.47 Å². The molecule has 1 fully saturated rings. The van der Waals surface area contributed by atoms with Crippen LogP contribution >= 0.6 is 0 Å². The van der Waals surface area contributed by atoms with Crippen LogP contribution in [0.15, 0.2) is 78.6 Å². The number of aromatic nitrogens is 1. The van der Waals surface area contributed by atoms with Crippen molar-refractivity contribution in [2.45, 2.75) is 26.4 Å². The molecule has 4 rings (SSSR count). The lowest BCUT2D eigenvalue weighted by Crippen LogP contribution is -2.29. The number of carbonyl (C=O) groups excluding carboxylic acids is 2. The number of benzene rings is 2. The maximum absolute atomic E-state index is 13.2. The molecule has 3 aromatic rings. The zero-order valence-corrected chi connectivity index (χ0v) is 19.1. The van der Waals surface area contributed by atoms with Gasteiger partial charge in [-0.2, -0.15) is 0 Å². The van der Waals surface area contributed by atoms with Gasteiger partial charge >= 0.3 is 0 Å². The molecule has 174 valence electrons. The van der Waals surface area contributed by atoms with Gasteiger partial charge in [0.2, 0.25) is 0 Å². The van der Waals surface area contributed by atoms with Crippen LogP contribution < -0.4 is 9.47 Å². The Morgan fingerprint density at radius 1 is 0.941 bits per heavy atom. The van der Waals surface area contributed by atoms with E-state index in [2.05, 4.69) is 4.98 Å². The molecular weight excluding hydrogens is 432 g/mol. The van der Waals surface area contributed by atoms with Crippen molar-refractivity contribution in [1.82, 2.24) is 9.88 Å². The summed E-state index contributed by atoms with van der Waals surface area (Å²) >= 11 is 0. The molecule has 0 aliphatic carbocycles. The van der Waals surface area contributed by atoms with Gasteiger partial charge in [-0.1, -0.05) is 12.1 Å². The van der Waals surface area contributed by atoms with Crippen LogP contribution in [0.2, 0.25) is 0 Å². The van der Waals surface area contributed by atoms with Crippen molar-refractivity contribution in [3.8, 4) is 11.5 Å². The summed E-state index contributed by atoms with van der Waals surface area (Å²) in [6.45, 7) is 4.95. The summed E-state index contributed by atoms with van der Waals surface area (Å²) in [4.78, 5) is 31.9. The summed E-state index contributed by atoms with van der Waals surface area (Å²) in [6, 6.07) is 16.8. The van der Waals surface area contributed by atoms with Gasteiger partial charge in [0.15, 0.2) is 0 Å². The van der Waals surface area contributed by atoms with Gasteiger partial charge in [0.05, 0.1) is 24.8 Å². The van der Waals surface area contributed by atoms with Gasteiger partial charge in [-0.3, -0.25) is 14.6 Å². The van der Waals surface area contributed by atoms with Gasteiger partial charge in [0.1, 0.15) is 17.3 Å². The van der Waals surface area contributed by atoms with E-state index in [1.54, 1.807) is 54.9 Å². The normalized spacial score (nSPS) is 17.1. The standard InChI is InChI=1S/C27H26N2O5/c1-3-33-21-10-8-19(9-11-21)25(30)23-24(20-6-5-7-22(16-20)34-4-2)29(27(32)26(23)31)17-18-12-14-28-15-13-18/h5-16,24,30H,3-4,17H2,1-2H3. The zero-order valence-electron chi connectivity index (χ0n) is 19.1. The predicted molar refractivity (Wildman–Crippen MR) is 127 cm³/mol. The summed E-state index contributed by atoms with van der Waals surface area (Å²) in [7, 11) is 0. The zero-order chi connectivity index (χ0) is 24.1. The van der Waals surface area contributed by atoms with Crippen molar-refractivity contribution in [3.63, 3.8) is 0 Å². The lowest BCUT2D eigenvalue weighted by Gasteiger charge is -2.25. The number of nitrogens with zero attached hydrogens (tertiary/aromatic N) is 2. The first-order valence-corrected chi connectivity index (χ1v) is 11.2. The van der Waals surface area contributed by atoms with Crippen LogP contribution in [-0.4, -0.2) is 39.9 Å². The number of hydrogen-bond donors (Lipinski definition) is 1. The average molecular weight is 459 g/mol. The topological polar surface area (TPSA) is 89.0 Å². The lowest BCUT2D eigenvalue weighted by atomic mass is 9.95. The lowest BCUT2D eigenvalue weighted by molar-refractivity contribution is -0.140. The minimum absolute atomic E-state index is 0.0388. The third-order valence-electron chi connectivity index (χ3n) is 5.57. The second-order valence-electron chi connectivity index (χ2n) is 7.75. The summed E-state index contributed by atoms with van der Waals surface area (Å²) in [5.41, 5.74) is 1.96. The van der Waals surface area contributed by atoms with Gasteiger partial charge in [-0.15, -0.1) is 0 Å². The molecule has 34 heavy (non-hydrogen) atoms. The second kappa shape index (κ2) is 10.2. The van der Waals surface area contributed by atoms with Gasteiger partial charge in [0.25, 0.3) is 11.7 Å². The highest BCUT2D eigenvalue weighted by molar-refractivity contribution is 6.46. The molecule has 2 heterocycles. The van der Waals surface area contributed by atoms with E-state index < -0.39 is 17.7 Å². The fraction of sp³-hybridized carbons (Fsp3) is 0.222. The van der Waals surface area contributed by atoms with Crippen molar-refractivity contribution >= 4 is 17.4 Å². The molecule has 1 saturated heterocycles. The highest BCUT2D eigenvalue weighted by Gasteiger charge is 2.46. The molecule has 1 aromatic heterocycles. The molecule has 0 spiro atoms. The van der Waals surface area contributed by atoms with Gasteiger partial charge < -0.3 is 19.5 Å². The molecular formula is C27H26N2O5. The molecule has 0 saturated carbocycles. The Morgan fingerprint density at radius 3 is 2.29 bits per heavy atom. The van der Waals surface area contributed by atoms with Gasteiger partial charge in [-0.25, -0.2) is 0 Å². The van der Waals surface area contributed by atoms with Crippen LogP contribution in [0.5, 0.6) is 11.5 Å². The molecule has 1 unspecified atom stereocenters. The molecule has 7 nitrogen and oxygen atoms in total. The second-order valence-corrected chi connectivity index (χ2v) is 7.75. The van der Waals surface area contributed by atoms with Gasteiger partial charge in [-0.05, 0) is 73.5 Å². The fourth-order valence-corrected chi connectivity index (χ4v) is 4.05. The molecule has 0 bridgehead atoms. The number of Topliss-reactive ketones (excluding diaryl/α,β-unsaturated/α-hetero) is 1. The quantitative estimate of drug-likeness (QED) is 0.304. The van der Waals surface area contributed by atoms with Crippen LogP contribution in [0.4, 0.5) is 0 Å². The number of ketones is 1. The molecule has 2 aromatic carbocycles.